The van der Waals surface area contributed by atoms with Gasteiger partial charge < -0.3 is 15.2 Å². The summed E-state index contributed by atoms with van der Waals surface area (Å²) in [4.78, 5) is 0. The topological polar surface area (TPSA) is 44.5 Å². The van der Waals surface area contributed by atoms with Crippen molar-refractivity contribution in [3.8, 4) is 0 Å². The lowest BCUT2D eigenvalue weighted by Crippen LogP contribution is -2.31. The number of nitrogens with two attached hydrogens (primary N) is 1. The Morgan fingerprint density at radius 1 is 1.54 bits per heavy atom. The molecule has 0 amide bonds. The summed E-state index contributed by atoms with van der Waals surface area (Å²) in [5, 5.41) is 0. The van der Waals surface area contributed by atoms with Crippen molar-refractivity contribution in [1.82, 2.24) is 0 Å². The number of rotatable bonds is 5. The molecule has 0 aromatic rings. The molecule has 0 spiro atoms. The molecular formula is C10H21NO2. The minimum Gasteiger partial charge on any atom is -0.376 e. The molecular weight excluding hydrogens is 166 g/mol. The van der Waals surface area contributed by atoms with E-state index in [2.05, 4.69) is 13.8 Å². The van der Waals surface area contributed by atoms with Gasteiger partial charge in [-0.1, -0.05) is 13.8 Å². The number of hydrogen-bond donors (Lipinski definition) is 1. The average molecular weight is 187 g/mol. The molecule has 0 saturated carbocycles. The Morgan fingerprint density at radius 3 is 2.77 bits per heavy atom. The van der Waals surface area contributed by atoms with Crippen LogP contribution in [0.1, 0.15) is 26.7 Å². The van der Waals surface area contributed by atoms with Crippen LogP contribution in [0, 0.1) is 5.92 Å². The van der Waals surface area contributed by atoms with E-state index < -0.39 is 0 Å². The summed E-state index contributed by atoms with van der Waals surface area (Å²) < 4.78 is 11.1. The van der Waals surface area contributed by atoms with E-state index in [0.29, 0.717) is 25.2 Å². The maximum absolute atomic E-state index is 5.69. The Balaban J connectivity index is 2.15. The van der Waals surface area contributed by atoms with Crippen LogP contribution in [-0.4, -0.2) is 32.0 Å². The predicted molar refractivity (Wildman–Crippen MR) is 52.6 cm³/mol. The number of hydrogen-bond acceptors (Lipinski definition) is 3. The molecule has 0 radical (unpaired) electrons. The molecule has 1 aliphatic rings. The summed E-state index contributed by atoms with van der Waals surface area (Å²) in [6.07, 6.45) is 2.80. The molecule has 3 heteroatoms. The van der Waals surface area contributed by atoms with E-state index in [9.17, 15) is 0 Å². The molecule has 13 heavy (non-hydrogen) atoms. The molecule has 1 fully saturated rings. The van der Waals surface area contributed by atoms with E-state index in [4.69, 9.17) is 15.2 Å². The second-order valence-corrected chi connectivity index (χ2v) is 3.99. The van der Waals surface area contributed by atoms with Gasteiger partial charge >= 0.3 is 0 Å². The highest BCUT2D eigenvalue weighted by atomic mass is 16.5. The summed E-state index contributed by atoms with van der Waals surface area (Å²) >= 11 is 0. The first-order valence-electron chi connectivity index (χ1n) is 5.17. The van der Waals surface area contributed by atoms with Crippen molar-refractivity contribution < 1.29 is 9.47 Å². The largest absolute Gasteiger partial charge is 0.376 e. The van der Waals surface area contributed by atoms with Gasteiger partial charge in [0.05, 0.1) is 18.8 Å². The average Bonchev–Trinajstić information content (AvgIpc) is 2.57. The summed E-state index contributed by atoms with van der Waals surface area (Å²) in [5.74, 6) is 0.492. The van der Waals surface area contributed by atoms with Gasteiger partial charge in [0, 0.05) is 13.2 Å². The van der Waals surface area contributed by atoms with Crippen LogP contribution < -0.4 is 5.73 Å². The van der Waals surface area contributed by atoms with E-state index >= 15 is 0 Å². The van der Waals surface area contributed by atoms with Crippen LogP contribution in [0.2, 0.25) is 0 Å². The molecule has 0 aromatic heterocycles. The van der Waals surface area contributed by atoms with Gasteiger partial charge in [-0.3, -0.25) is 0 Å². The van der Waals surface area contributed by atoms with Crippen molar-refractivity contribution in [3.05, 3.63) is 0 Å². The molecule has 2 unspecified atom stereocenters. The quantitative estimate of drug-likeness (QED) is 0.702. The predicted octanol–water partition coefficient (Wildman–Crippen LogP) is 1.17. The Hall–Kier alpha value is -0.120. The van der Waals surface area contributed by atoms with Crippen LogP contribution in [0.3, 0.4) is 0 Å². The lowest BCUT2D eigenvalue weighted by Gasteiger charge is -2.21. The Kier molecular flexibility index (Phi) is 4.70. The summed E-state index contributed by atoms with van der Waals surface area (Å²) in [5.41, 5.74) is 5.59. The maximum Gasteiger partial charge on any atom is 0.0809 e. The molecule has 0 aromatic carbocycles. The van der Waals surface area contributed by atoms with Crippen molar-refractivity contribution in [2.45, 2.75) is 38.9 Å². The summed E-state index contributed by atoms with van der Waals surface area (Å²) in [7, 11) is 0. The second kappa shape index (κ2) is 5.58. The molecule has 3 nitrogen and oxygen atoms in total. The smallest absolute Gasteiger partial charge is 0.0809 e. The first-order chi connectivity index (χ1) is 6.24. The lowest BCUT2D eigenvalue weighted by molar-refractivity contribution is -0.0328. The lowest BCUT2D eigenvalue weighted by atomic mass is 10.1. The fourth-order valence-corrected chi connectivity index (χ4v) is 1.54. The minimum absolute atomic E-state index is 0.184. The molecule has 78 valence electrons. The van der Waals surface area contributed by atoms with Crippen molar-refractivity contribution in [2.75, 3.05) is 19.8 Å². The van der Waals surface area contributed by atoms with Crippen molar-refractivity contribution in [1.29, 1.82) is 0 Å². The highest BCUT2D eigenvalue weighted by Gasteiger charge is 2.19. The molecule has 0 bridgehead atoms. The van der Waals surface area contributed by atoms with Crippen LogP contribution >= 0.6 is 0 Å². The highest BCUT2D eigenvalue weighted by molar-refractivity contribution is 4.67. The zero-order chi connectivity index (χ0) is 9.68. The van der Waals surface area contributed by atoms with Crippen molar-refractivity contribution in [2.24, 2.45) is 11.7 Å². The number of ether oxygens (including phenoxy) is 2. The van der Waals surface area contributed by atoms with E-state index in [1.54, 1.807) is 0 Å². The SMILES string of the molecule is CC(C)C(CN)OCC1CCCO1. The molecule has 1 heterocycles. The molecule has 0 aliphatic carbocycles. The Morgan fingerprint density at radius 2 is 2.31 bits per heavy atom. The third-order valence-electron chi connectivity index (χ3n) is 2.50. The second-order valence-electron chi connectivity index (χ2n) is 3.99. The van der Waals surface area contributed by atoms with Gasteiger partial charge in [-0.25, -0.2) is 0 Å². The van der Waals surface area contributed by atoms with Crippen LogP contribution in [0.5, 0.6) is 0 Å². The first-order valence-corrected chi connectivity index (χ1v) is 5.17. The van der Waals surface area contributed by atoms with Crippen molar-refractivity contribution >= 4 is 0 Å². The van der Waals surface area contributed by atoms with Crippen LogP contribution in [0.15, 0.2) is 0 Å². The van der Waals surface area contributed by atoms with Gasteiger partial charge in [-0.2, -0.15) is 0 Å². The third kappa shape index (κ3) is 3.63. The van der Waals surface area contributed by atoms with E-state index in [-0.39, 0.29) is 6.10 Å². The summed E-state index contributed by atoms with van der Waals surface area (Å²) in [6, 6.07) is 0. The maximum atomic E-state index is 5.69. The van der Waals surface area contributed by atoms with Crippen LogP contribution in [0.25, 0.3) is 0 Å². The van der Waals surface area contributed by atoms with Crippen LogP contribution in [-0.2, 0) is 9.47 Å². The Labute approximate surface area is 80.6 Å². The molecule has 2 N–H and O–H groups in total. The molecule has 2 atom stereocenters. The van der Waals surface area contributed by atoms with E-state index in [1.807, 2.05) is 0 Å². The molecule has 1 aliphatic heterocycles. The van der Waals surface area contributed by atoms with E-state index in [1.165, 1.54) is 6.42 Å². The normalized spacial score (nSPS) is 25.4. The fraction of sp³-hybridized carbons (Fsp3) is 1.00. The van der Waals surface area contributed by atoms with Gasteiger partial charge in [0.15, 0.2) is 0 Å². The molecule has 1 rings (SSSR count). The van der Waals surface area contributed by atoms with Gasteiger partial charge in [-0.15, -0.1) is 0 Å². The van der Waals surface area contributed by atoms with Gasteiger partial charge in [0.25, 0.3) is 0 Å². The fourth-order valence-electron chi connectivity index (χ4n) is 1.54. The Bertz CT molecular complexity index is 133. The zero-order valence-electron chi connectivity index (χ0n) is 8.66. The zero-order valence-corrected chi connectivity index (χ0v) is 8.66. The van der Waals surface area contributed by atoms with Gasteiger partial charge in [0.1, 0.15) is 0 Å². The summed E-state index contributed by atoms with van der Waals surface area (Å²) in [6.45, 7) is 6.47. The van der Waals surface area contributed by atoms with E-state index in [0.717, 1.165) is 13.0 Å². The first kappa shape index (κ1) is 11.0. The van der Waals surface area contributed by atoms with Gasteiger partial charge in [0.2, 0.25) is 0 Å². The van der Waals surface area contributed by atoms with Gasteiger partial charge in [-0.05, 0) is 18.8 Å². The van der Waals surface area contributed by atoms with Crippen LogP contribution in [0.4, 0.5) is 0 Å². The standard InChI is InChI=1S/C10H21NO2/c1-8(2)10(6-11)13-7-9-4-3-5-12-9/h8-10H,3-7,11H2,1-2H3. The third-order valence-corrected chi connectivity index (χ3v) is 2.50. The monoisotopic (exact) mass is 187 g/mol. The molecule has 1 saturated heterocycles. The minimum atomic E-state index is 0.184. The van der Waals surface area contributed by atoms with Crippen molar-refractivity contribution in [3.63, 3.8) is 0 Å². The highest BCUT2D eigenvalue weighted by Crippen LogP contribution is 2.14.